The minimum atomic E-state index is -3.45. The number of carbonyl (C=O) groups is 1. The average Bonchev–Trinajstić information content (AvgIpc) is 2.45. The van der Waals surface area contributed by atoms with Gasteiger partial charge in [-0.25, -0.2) is 12.8 Å². The summed E-state index contributed by atoms with van der Waals surface area (Å²) in [6.45, 7) is 2.43. The first-order valence-corrected chi connectivity index (χ1v) is 9.10. The van der Waals surface area contributed by atoms with E-state index in [0.29, 0.717) is 25.9 Å². The molecule has 2 rings (SSSR count). The second kappa shape index (κ2) is 6.87. The third kappa shape index (κ3) is 4.26. The van der Waals surface area contributed by atoms with Gasteiger partial charge in [0.05, 0.1) is 12.3 Å². The minimum Gasteiger partial charge on any atom is -0.340 e. The molecule has 0 aromatic rings. The number of hydrogen-bond donors (Lipinski definition) is 0. The molecule has 1 atom stereocenters. The third-order valence-corrected chi connectivity index (χ3v) is 6.06. The standard InChI is InChI=1S/C14H23FN2O3S/c1-12(18)17-9-3-2-6-14(17)7-10-21(19,20)16-8-4-5-13(15)11-16/h5,14H,2-4,6-11H2,1H3. The molecule has 0 saturated carbocycles. The van der Waals surface area contributed by atoms with E-state index in [9.17, 15) is 17.6 Å². The first kappa shape index (κ1) is 16.4. The van der Waals surface area contributed by atoms with Crippen LogP contribution in [0.3, 0.4) is 0 Å². The minimum absolute atomic E-state index is 0.00351. The molecule has 1 fully saturated rings. The van der Waals surface area contributed by atoms with Gasteiger partial charge in [-0.3, -0.25) is 4.79 Å². The van der Waals surface area contributed by atoms with Gasteiger partial charge in [-0.05, 0) is 32.1 Å². The Morgan fingerprint density at radius 2 is 2.14 bits per heavy atom. The van der Waals surface area contributed by atoms with Gasteiger partial charge < -0.3 is 4.90 Å². The lowest BCUT2D eigenvalue weighted by Crippen LogP contribution is -2.44. The molecule has 7 heteroatoms. The van der Waals surface area contributed by atoms with Crippen molar-refractivity contribution in [2.75, 3.05) is 25.4 Å². The van der Waals surface area contributed by atoms with Gasteiger partial charge in [-0.1, -0.05) is 6.08 Å². The van der Waals surface area contributed by atoms with E-state index >= 15 is 0 Å². The second-order valence-electron chi connectivity index (χ2n) is 5.74. The Labute approximate surface area is 125 Å². The van der Waals surface area contributed by atoms with Crippen LogP contribution in [0.25, 0.3) is 0 Å². The van der Waals surface area contributed by atoms with Crippen molar-refractivity contribution in [3.05, 3.63) is 11.9 Å². The Kier molecular flexibility index (Phi) is 5.37. The SMILES string of the molecule is CC(=O)N1CCCCC1CCS(=O)(=O)N1CCC=C(F)C1. The van der Waals surface area contributed by atoms with Crippen molar-refractivity contribution in [1.29, 1.82) is 0 Å². The fourth-order valence-corrected chi connectivity index (χ4v) is 4.58. The quantitative estimate of drug-likeness (QED) is 0.792. The van der Waals surface area contributed by atoms with E-state index in [1.165, 1.54) is 17.3 Å². The molecule has 0 aliphatic carbocycles. The van der Waals surface area contributed by atoms with Crippen LogP contribution in [-0.4, -0.2) is 55.0 Å². The largest absolute Gasteiger partial charge is 0.340 e. The number of rotatable bonds is 4. The first-order chi connectivity index (χ1) is 9.90. The Morgan fingerprint density at radius 3 is 2.81 bits per heavy atom. The molecule has 120 valence electrons. The fourth-order valence-electron chi connectivity index (χ4n) is 3.04. The molecule has 0 N–H and O–H groups in total. The highest BCUT2D eigenvalue weighted by molar-refractivity contribution is 7.89. The zero-order valence-electron chi connectivity index (χ0n) is 12.4. The molecule has 0 bridgehead atoms. The summed E-state index contributed by atoms with van der Waals surface area (Å²) in [6.07, 6.45) is 5.15. The highest BCUT2D eigenvalue weighted by atomic mass is 32.2. The van der Waals surface area contributed by atoms with Gasteiger partial charge in [-0.15, -0.1) is 0 Å². The molecule has 21 heavy (non-hydrogen) atoms. The normalized spacial score (nSPS) is 24.8. The number of piperidine rings is 1. The Balaban J connectivity index is 1.94. The number of carbonyl (C=O) groups excluding carboxylic acids is 1. The lowest BCUT2D eigenvalue weighted by Gasteiger charge is -2.35. The summed E-state index contributed by atoms with van der Waals surface area (Å²) in [5.41, 5.74) is 0. The molecule has 2 heterocycles. The maximum Gasteiger partial charge on any atom is 0.219 e. The van der Waals surface area contributed by atoms with Crippen LogP contribution in [0.2, 0.25) is 0 Å². The van der Waals surface area contributed by atoms with Crippen molar-refractivity contribution in [3.63, 3.8) is 0 Å². The highest BCUT2D eigenvalue weighted by Gasteiger charge is 2.29. The summed E-state index contributed by atoms with van der Waals surface area (Å²) in [7, 11) is -3.45. The summed E-state index contributed by atoms with van der Waals surface area (Å²) < 4.78 is 39.0. The summed E-state index contributed by atoms with van der Waals surface area (Å²) in [5.74, 6) is -0.397. The van der Waals surface area contributed by atoms with Crippen molar-refractivity contribution < 1.29 is 17.6 Å². The predicted octanol–water partition coefficient (Wildman–Crippen LogP) is 1.67. The summed E-state index contributed by atoms with van der Waals surface area (Å²) in [6, 6.07) is -0.00351. The topological polar surface area (TPSA) is 57.7 Å². The molecule has 0 radical (unpaired) electrons. The van der Waals surface area contributed by atoms with E-state index in [0.717, 1.165) is 19.3 Å². The van der Waals surface area contributed by atoms with E-state index in [1.54, 1.807) is 4.90 Å². The van der Waals surface area contributed by atoms with Gasteiger partial charge >= 0.3 is 0 Å². The van der Waals surface area contributed by atoms with Crippen molar-refractivity contribution >= 4 is 15.9 Å². The monoisotopic (exact) mass is 318 g/mol. The van der Waals surface area contributed by atoms with Gasteiger partial charge in [0.1, 0.15) is 5.83 Å². The maximum absolute atomic E-state index is 13.2. The lowest BCUT2D eigenvalue weighted by molar-refractivity contribution is -0.132. The number of sulfonamides is 1. The predicted molar refractivity (Wildman–Crippen MR) is 78.8 cm³/mol. The number of likely N-dealkylation sites (tertiary alicyclic amines) is 1. The number of hydrogen-bond acceptors (Lipinski definition) is 3. The molecule has 0 aromatic carbocycles. The van der Waals surface area contributed by atoms with Crippen molar-refractivity contribution in [1.82, 2.24) is 9.21 Å². The van der Waals surface area contributed by atoms with Crippen molar-refractivity contribution in [2.45, 2.75) is 45.1 Å². The van der Waals surface area contributed by atoms with Gasteiger partial charge in [0.15, 0.2) is 0 Å². The van der Waals surface area contributed by atoms with Crippen LogP contribution >= 0.6 is 0 Å². The van der Waals surface area contributed by atoms with Crippen molar-refractivity contribution in [3.8, 4) is 0 Å². The summed E-state index contributed by atoms with van der Waals surface area (Å²) >= 11 is 0. The Hall–Kier alpha value is -0.950. The molecular weight excluding hydrogens is 295 g/mol. The highest BCUT2D eigenvalue weighted by Crippen LogP contribution is 2.22. The molecule has 1 unspecified atom stereocenters. The van der Waals surface area contributed by atoms with Crippen LogP contribution in [0.1, 0.15) is 39.0 Å². The van der Waals surface area contributed by atoms with E-state index < -0.39 is 10.0 Å². The molecule has 0 aromatic heterocycles. The van der Waals surface area contributed by atoms with E-state index in [-0.39, 0.29) is 30.1 Å². The molecule has 2 aliphatic rings. The van der Waals surface area contributed by atoms with E-state index in [1.807, 2.05) is 0 Å². The summed E-state index contributed by atoms with van der Waals surface area (Å²) in [5, 5.41) is 0. The van der Waals surface area contributed by atoms with Crippen LogP contribution in [-0.2, 0) is 14.8 Å². The van der Waals surface area contributed by atoms with Crippen LogP contribution in [0, 0.1) is 0 Å². The molecule has 5 nitrogen and oxygen atoms in total. The second-order valence-corrected chi connectivity index (χ2v) is 7.83. The van der Waals surface area contributed by atoms with E-state index in [2.05, 4.69) is 0 Å². The molecule has 1 amide bonds. The van der Waals surface area contributed by atoms with Crippen LogP contribution < -0.4 is 0 Å². The molecule has 2 aliphatic heterocycles. The van der Waals surface area contributed by atoms with E-state index in [4.69, 9.17) is 0 Å². The number of halogens is 1. The van der Waals surface area contributed by atoms with Crippen LogP contribution in [0.5, 0.6) is 0 Å². The van der Waals surface area contributed by atoms with Gasteiger partial charge in [-0.2, -0.15) is 4.31 Å². The van der Waals surface area contributed by atoms with Gasteiger partial charge in [0, 0.05) is 26.1 Å². The number of amides is 1. The zero-order valence-corrected chi connectivity index (χ0v) is 13.2. The number of nitrogens with zero attached hydrogens (tertiary/aromatic N) is 2. The first-order valence-electron chi connectivity index (χ1n) is 7.50. The van der Waals surface area contributed by atoms with Gasteiger partial charge in [0.25, 0.3) is 0 Å². The molecular formula is C14H23FN2O3S. The zero-order chi connectivity index (χ0) is 15.5. The average molecular weight is 318 g/mol. The molecule has 0 spiro atoms. The smallest absolute Gasteiger partial charge is 0.219 e. The maximum atomic E-state index is 13.2. The summed E-state index contributed by atoms with van der Waals surface area (Å²) in [4.78, 5) is 13.4. The molecule has 1 saturated heterocycles. The lowest BCUT2D eigenvalue weighted by atomic mass is 10.00. The van der Waals surface area contributed by atoms with Gasteiger partial charge in [0.2, 0.25) is 15.9 Å². The third-order valence-electron chi connectivity index (χ3n) is 4.21. The van der Waals surface area contributed by atoms with Crippen LogP contribution in [0.15, 0.2) is 11.9 Å². The Morgan fingerprint density at radius 1 is 1.38 bits per heavy atom. The fraction of sp³-hybridized carbons (Fsp3) is 0.786. The Bertz CT molecular complexity index is 518. The van der Waals surface area contributed by atoms with Crippen molar-refractivity contribution in [2.24, 2.45) is 0 Å². The van der Waals surface area contributed by atoms with Crippen LogP contribution in [0.4, 0.5) is 4.39 Å².